The van der Waals surface area contributed by atoms with Gasteiger partial charge in [-0.3, -0.25) is 4.79 Å². The number of halogens is 3. The zero-order valence-electron chi connectivity index (χ0n) is 20.1. The molecule has 1 aromatic rings. The number of likely N-dealkylation sites (tertiary alicyclic amines) is 1. The van der Waals surface area contributed by atoms with Crippen molar-refractivity contribution < 1.29 is 37.0 Å². The molecule has 3 rings (SSSR count). The molecule has 2 aliphatic heterocycles. The maximum atomic E-state index is 13.7. The Kier molecular flexibility index (Phi) is 8.13. The van der Waals surface area contributed by atoms with Crippen molar-refractivity contribution in [1.82, 2.24) is 4.90 Å². The van der Waals surface area contributed by atoms with Crippen LogP contribution in [0.2, 0.25) is 0 Å². The molecule has 34 heavy (non-hydrogen) atoms. The molecule has 190 valence electrons. The van der Waals surface area contributed by atoms with Gasteiger partial charge < -0.3 is 24.0 Å². The van der Waals surface area contributed by atoms with Crippen molar-refractivity contribution in [2.45, 2.75) is 70.3 Å². The van der Waals surface area contributed by atoms with Crippen molar-refractivity contribution in [3.8, 4) is 5.75 Å². The number of carbonyl (C=O) groups excluding carboxylic acids is 2. The van der Waals surface area contributed by atoms with Gasteiger partial charge in [0.05, 0.1) is 11.3 Å². The van der Waals surface area contributed by atoms with Crippen LogP contribution in [-0.4, -0.2) is 74.1 Å². The first-order chi connectivity index (χ1) is 15.9. The molecule has 2 aliphatic rings. The minimum atomic E-state index is -5.12. The Labute approximate surface area is 198 Å². The second-order valence-electron chi connectivity index (χ2n) is 9.78. The topological polar surface area (TPSA) is 68.3 Å². The zero-order valence-corrected chi connectivity index (χ0v) is 20.1. The predicted molar refractivity (Wildman–Crippen MR) is 120 cm³/mol. The molecule has 7 nitrogen and oxygen atoms in total. The maximum absolute atomic E-state index is 13.7. The first-order valence-corrected chi connectivity index (χ1v) is 11.6. The van der Waals surface area contributed by atoms with Crippen LogP contribution in [-0.2, 0) is 14.3 Å². The summed E-state index contributed by atoms with van der Waals surface area (Å²) in [5.74, 6) is -2.55. The molecule has 0 radical (unpaired) electrons. The Hall–Kier alpha value is -2.33. The van der Waals surface area contributed by atoms with E-state index in [2.05, 4.69) is 4.90 Å². The average molecular weight is 487 g/mol. The molecule has 1 amide bonds. The first kappa shape index (κ1) is 26.3. The minimum Gasteiger partial charge on any atom is -0.492 e. The molecule has 0 spiro atoms. The van der Waals surface area contributed by atoms with Gasteiger partial charge in [-0.2, -0.15) is 13.2 Å². The summed E-state index contributed by atoms with van der Waals surface area (Å²) in [4.78, 5) is 28.4. The molecule has 0 N–H and O–H groups in total. The molecule has 0 aliphatic carbocycles. The van der Waals surface area contributed by atoms with E-state index >= 15 is 0 Å². The van der Waals surface area contributed by atoms with Gasteiger partial charge in [0.15, 0.2) is 0 Å². The summed E-state index contributed by atoms with van der Waals surface area (Å²) in [6.07, 6.45) is -2.68. The number of carbonyl (C=O) groups is 2. The first-order valence-electron chi connectivity index (χ1n) is 11.6. The highest BCUT2D eigenvalue weighted by atomic mass is 19.4. The maximum Gasteiger partial charge on any atom is 0.471 e. The monoisotopic (exact) mass is 486 g/mol. The van der Waals surface area contributed by atoms with E-state index in [0.29, 0.717) is 11.5 Å². The molecule has 0 bridgehead atoms. The molecule has 2 saturated heterocycles. The lowest BCUT2D eigenvalue weighted by Gasteiger charge is -2.36. The highest BCUT2D eigenvalue weighted by Crippen LogP contribution is 2.35. The average Bonchev–Trinajstić information content (AvgIpc) is 3.16. The number of esters is 1. The predicted octanol–water partition coefficient (Wildman–Crippen LogP) is 4.19. The Morgan fingerprint density at radius 1 is 1.15 bits per heavy atom. The van der Waals surface area contributed by atoms with E-state index < -0.39 is 29.7 Å². The lowest BCUT2D eigenvalue weighted by molar-refractivity contribution is -0.171. The summed E-state index contributed by atoms with van der Waals surface area (Å²) in [6.45, 7) is 6.74. The quantitative estimate of drug-likeness (QED) is 0.562. The normalized spacial score (nSPS) is 20.3. The van der Waals surface area contributed by atoms with Gasteiger partial charge in [0.1, 0.15) is 18.0 Å². The fourth-order valence-electron chi connectivity index (χ4n) is 4.24. The fourth-order valence-corrected chi connectivity index (χ4v) is 4.24. The molecule has 0 saturated carbocycles. The van der Waals surface area contributed by atoms with Gasteiger partial charge in [0.2, 0.25) is 0 Å². The summed E-state index contributed by atoms with van der Waals surface area (Å²) in [6, 6.07) is 3.65. The lowest BCUT2D eigenvalue weighted by Crippen LogP contribution is -2.50. The highest BCUT2D eigenvalue weighted by molar-refractivity contribution is 6.05. The summed E-state index contributed by atoms with van der Waals surface area (Å²) >= 11 is 0. The van der Waals surface area contributed by atoms with Crippen LogP contribution in [0.15, 0.2) is 18.2 Å². The number of benzene rings is 1. The van der Waals surface area contributed by atoms with Crippen LogP contribution in [0, 0.1) is 0 Å². The number of hydrogen-bond donors (Lipinski definition) is 0. The number of nitrogens with zero attached hydrogens (tertiary/aromatic N) is 2. The number of anilines is 1. The SMILES string of the molecule is CN1CCC[C@H]1COc1ccc(C(=O)OC(C)(C)C)c(N(C(=O)C(F)(F)F)C2CCOCC2)c1. The summed E-state index contributed by atoms with van der Waals surface area (Å²) in [5.41, 5.74) is -1.15. The number of amides is 1. The molecule has 2 heterocycles. The molecule has 0 aromatic heterocycles. The Balaban J connectivity index is 2.01. The van der Waals surface area contributed by atoms with Crippen LogP contribution in [0.4, 0.5) is 18.9 Å². The van der Waals surface area contributed by atoms with Crippen molar-refractivity contribution in [2.75, 3.05) is 38.3 Å². The van der Waals surface area contributed by atoms with E-state index in [1.807, 2.05) is 7.05 Å². The van der Waals surface area contributed by atoms with Crippen LogP contribution in [0.5, 0.6) is 5.75 Å². The molecule has 0 unspecified atom stereocenters. The largest absolute Gasteiger partial charge is 0.492 e. The minimum absolute atomic E-state index is 0.121. The molecule has 1 atom stereocenters. The molecule has 1 aromatic carbocycles. The third-order valence-electron chi connectivity index (χ3n) is 5.98. The van der Waals surface area contributed by atoms with Crippen molar-refractivity contribution in [3.63, 3.8) is 0 Å². The van der Waals surface area contributed by atoms with Crippen LogP contribution < -0.4 is 9.64 Å². The van der Waals surface area contributed by atoms with Crippen LogP contribution in [0.25, 0.3) is 0 Å². The lowest BCUT2D eigenvalue weighted by atomic mass is 10.0. The standard InChI is InChI=1S/C24H33F3N2O5/c1-23(2,3)34-21(30)19-8-7-18(33-15-17-6-5-11-28(17)4)14-20(19)29(22(31)24(25,26)27)16-9-12-32-13-10-16/h7-8,14,16-17H,5-6,9-13,15H2,1-4H3/t17-/m0/s1. The molecule has 2 fully saturated rings. The van der Waals surface area contributed by atoms with Gasteiger partial charge in [0, 0.05) is 31.4 Å². The summed E-state index contributed by atoms with van der Waals surface area (Å²) < 4.78 is 57.6. The number of likely N-dealkylation sites (N-methyl/N-ethyl adjacent to an activating group) is 1. The van der Waals surface area contributed by atoms with E-state index in [1.165, 1.54) is 18.2 Å². The van der Waals surface area contributed by atoms with Crippen molar-refractivity contribution in [1.29, 1.82) is 0 Å². The van der Waals surface area contributed by atoms with E-state index in [1.54, 1.807) is 20.8 Å². The zero-order chi connectivity index (χ0) is 25.1. The highest BCUT2D eigenvalue weighted by Gasteiger charge is 2.46. The van der Waals surface area contributed by atoms with E-state index in [9.17, 15) is 22.8 Å². The van der Waals surface area contributed by atoms with Crippen LogP contribution in [0.1, 0.15) is 56.8 Å². The third kappa shape index (κ3) is 6.63. The van der Waals surface area contributed by atoms with Crippen LogP contribution in [0.3, 0.4) is 0 Å². The Bertz CT molecular complexity index is 878. The second-order valence-corrected chi connectivity index (χ2v) is 9.78. The van der Waals surface area contributed by atoms with E-state index in [-0.39, 0.29) is 49.1 Å². The fraction of sp³-hybridized carbons (Fsp3) is 0.667. The summed E-state index contributed by atoms with van der Waals surface area (Å²) in [5, 5.41) is 0. The Morgan fingerprint density at radius 2 is 1.82 bits per heavy atom. The van der Waals surface area contributed by atoms with Gasteiger partial charge in [-0.15, -0.1) is 0 Å². The molecule has 10 heteroatoms. The van der Waals surface area contributed by atoms with Gasteiger partial charge in [-0.05, 0) is 72.2 Å². The van der Waals surface area contributed by atoms with Gasteiger partial charge >= 0.3 is 18.1 Å². The van der Waals surface area contributed by atoms with Gasteiger partial charge in [0.25, 0.3) is 0 Å². The number of alkyl halides is 3. The number of ether oxygens (including phenoxy) is 3. The smallest absolute Gasteiger partial charge is 0.471 e. The van der Waals surface area contributed by atoms with Crippen molar-refractivity contribution in [3.05, 3.63) is 23.8 Å². The Morgan fingerprint density at radius 3 is 2.38 bits per heavy atom. The number of hydrogen-bond acceptors (Lipinski definition) is 6. The van der Waals surface area contributed by atoms with E-state index in [0.717, 1.165) is 19.4 Å². The second kappa shape index (κ2) is 10.5. The number of rotatable bonds is 6. The van der Waals surface area contributed by atoms with Crippen LogP contribution >= 0.6 is 0 Å². The summed E-state index contributed by atoms with van der Waals surface area (Å²) in [7, 11) is 1.99. The van der Waals surface area contributed by atoms with Gasteiger partial charge in [-0.25, -0.2) is 4.79 Å². The van der Waals surface area contributed by atoms with Crippen molar-refractivity contribution >= 4 is 17.6 Å². The van der Waals surface area contributed by atoms with Crippen molar-refractivity contribution in [2.24, 2.45) is 0 Å². The van der Waals surface area contributed by atoms with E-state index in [4.69, 9.17) is 14.2 Å². The third-order valence-corrected chi connectivity index (χ3v) is 5.98. The van der Waals surface area contributed by atoms with Gasteiger partial charge in [-0.1, -0.05) is 0 Å². The molecular formula is C24H33F3N2O5. The molecular weight excluding hydrogens is 453 g/mol.